The van der Waals surface area contributed by atoms with Crippen molar-refractivity contribution in [3.8, 4) is 11.3 Å². The van der Waals surface area contributed by atoms with Crippen LogP contribution in [0.3, 0.4) is 0 Å². The number of ether oxygens (including phenoxy) is 1. The van der Waals surface area contributed by atoms with E-state index in [1.165, 1.54) is 24.3 Å². The number of amides is 1. The number of nitrogens with zero attached hydrogens (tertiary/aromatic N) is 1. The van der Waals surface area contributed by atoms with Gasteiger partial charge in [-0.15, -0.1) is 0 Å². The number of non-ortho nitro benzene ring substituents is 1. The molecule has 0 saturated carbocycles. The summed E-state index contributed by atoms with van der Waals surface area (Å²) in [4.78, 5) is 34.0. The first-order valence-corrected chi connectivity index (χ1v) is 9.07. The SMILES string of the molecule is CCOC(=O)c1ccc(NC(=O)C=Cc2ccc(-c3ccc([N+](=O)[O-])cc3)o2)cc1. The zero-order valence-electron chi connectivity index (χ0n) is 16.0. The van der Waals surface area contributed by atoms with Crippen LogP contribution in [0.4, 0.5) is 11.4 Å². The highest BCUT2D eigenvalue weighted by atomic mass is 16.6. The van der Waals surface area contributed by atoms with Gasteiger partial charge in [0, 0.05) is 29.5 Å². The van der Waals surface area contributed by atoms with Crippen LogP contribution in [0.2, 0.25) is 0 Å². The first-order valence-electron chi connectivity index (χ1n) is 9.07. The van der Waals surface area contributed by atoms with Gasteiger partial charge in [0.05, 0.1) is 17.1 Å². The van der Waals surface area contributed by atoms with Gasteiger partial charge in [0.25, 0.3) is 5.69 Å². The number of hydrogen-bond donors (Lipinski definition) is 1. The van der Waals surface area contributed by atoms with Gasteiger partial charge in [0.2, 0.25) is 5.91 Å². The second kappa shape index (κ2) is 9.33. The van der Waals surface area contributed by atoms with Crippen LogP contribution in [0.15, 0.2) is 71.2 Å². The van der Waals surface area contributed by atoms with E-state index in [0.29, 0.717) is 34.9 Å². The molecule has 0 unspecified atom stereocenters. The van der Waals surface area contributed by atoms with Crippen LogP contribution >= 0.6 is 0 Å². The van der Waals surface area contributed by atoms with Gasteiger partial charge >= 0.3 is 5.97 Å². The first-order chi connectivity index (χ1) is 14.5. The van der Waals surface area contributed by atoms with Crippen LogP contribution in [0, 0.1) is 10.1 Å². The minimum Gasteiger partial charge on any atom is -0.462 e. The molecule has 0 spiro atoms. The van der Waals surface area contributed by atoms with Crippen LogP contribution in [-0.2, 0) is 9.53 Å². The molecule has 1 aromatic heterocycles. The molecule has 3 aromatic rings. The van der Waals surface area contributed by atoms with Gasteiger partial charge in [-0.05, 0) is 61.5 Å². The monoisotopic (exact) mass is 406 g/mol. The summed E-state index contributed by atoms with van der Waals surface area (Å²) >= 11 is 0. The van der Waals surface area contributed by atoms with Crippen molar-refractivity contribution >= 4 is 29.3 Å². The molecule has 1 heterocycles. The third-order valence-corrected chi connectivity index (χ3v) is 4.05. The van der Waals surface area contributed by atoms with E-state index in [4.69, 9.17) is 9.15 Å². The molecule has 0 aliphatic carbocycles. The van der Waals surface area contributed by atoms with E-state index in [1.54, 1.807) is 55.5 Å². The highest BCUT2D eigenvalue weighted by molar-refractivity contribution is 6.02. The Hall–Kier alpha value is -4.20. The highest BCUT2D eigenvalue weighted by Crippen LogP contribution is 2.25. The number of nitro groups is 1. The third-order valence-electron chi connectivity index (χ3n) is 4.05. The maximum atomic E-state index is 12.1. The molecule has 1 N–H and O–H groups in total. The number of hydrogen-bond acceptors (Lipinski definition) is 6. The van der Waals surface area contributed by atoms with Gasteiger partial charge in [-0.1, -0.05) is 0 Å². The van der Waals surface area contributed by atoms with E-state index >= 15 is 0 Å². The standard InChI is InChI=1S/C22H18N2O6/c1-2-29-22(26)16-3-7-17(8-4-16)23-21(25)14-12-19-11-13-20(30-19)15-5-9-18(10-6-15)24(27)28/h3-14H,2H2,1H3,(H,23,25). The van der Waals surface area contributed by atoms with E-state index in [1.807, 2.05) is 0 Å². The molecule has 0 fully saturated rings. The molecule has 8 heteroatoms. The Morgan fingerprint density at radius 3 is 2.40 bits per heavy atom. The lowest BCUT2D eigenvalue weighted by atomic mass is 10.1. The Kier molecular flexibility index (Phi) is 6.39. The predicted molar refractivity (Wildman–Crippen MR) is 111 cm³/mol. The molecule has 152 valence electrons. The quantitative estimate of drug-likeness (QED) is 0.264. The zero-order chi connectivity index (χ0) is 21.5. The van der Waals surface area contributed by atoms with E-state index in [-0.39, 0.29) is 11.6 Å². The molecule has 2 aromatic carbocycles. The van der Waals surface area contributed by atoms with E-state index in [2.05, 4.69) is 5.32 Å². The largest absolute Gasteiger partial charge is 0.462 e. The second-order valence-electron chi connectivity index (χ2n) is 6.13. The Labute approximate surface area is 171 Å². The number of esters is 1. The molecular formula is C22H18N2O6. The Morgan fingerprint density at radius 2 is 1.77 bits per heavy atom. The van der Waals surface area contributed by atoms with Crippen LogP contribution in [0.1, 0.15) is 23.0 Å². The molecule has 8 nitrogen and oxygen atoms in total. The van der Waals surface area contributed by atoms with Crippen LogP contribution in [0.25, 0.3) is 17.4 Å². The predicted octanol–water partition coefficient (Wildman–Crippen LogP) is 4.68. The summed E-state index contributed by atoms with van der Waals surface area (Å²) in [6, 6.07) is 15.7. The molecule has 0 aliphatic heterocycles. The van der Waals surface area contributed by atoms with Crippen LogP contribution in [-0.4, -0.2) is 23.4 Å². The molecule has 0 bridgehead atoms. The zero-order valence-corrected chi connectivity index (χ0v) is 16.0. The third kappa shape index (κ3) is 5.20. The number of carbonyl (C=O) groups excluding carboxylic acids is 2. The maximum Gasteiger partial charge on any atom is 0.338 e. The van der Waals surface area contributed by atoms with Gasteiger partial charge < -0.3 is 14.5 Å². The number of nitrogens with one attached hydrogen (secondary N) is 1. The van der Waals surface area contributed by atoms with Crippen molar-refractivity contribution in [2.24, 2.45) is 0 Å². The van der Waals surface area contributed by atoms with Crippen molar-refractivity contribution in [1.82, 2.24) is 0 Å². The van der Waals surface area contributed by atoms with Gasteiger partial charge in [-0.25, -0.2) is 4.79 Å². The van der Waals surface area contributed by atoms with Crippen molar-refractivity contribution in [3.05, 3.63) is 88.2 Å². The number of rotatable bonds is 7. The fourth-order valence-corrected chi connectivity index (χ4v) is 2.59. The Morgan fingerprint density at radius 1 is 1.07 bits per heavy atom. The summed E-state index contributed by atoms with van der Waals surface area (Å²) in [5.74, 6) is 0.194. The number of benzene rings is 2. The van der Waals surface area contributed by atoms with Gasteiger partial charge in [-0.3, -0.25) is 14.9 Å². The Balaban J connectivity index is 1.60. The molecular weight excluding hydrogens is 388 g/mol. The molecule has 3 rings (SSSR count). The van der Waals surface area contributed by atoms with Gasteiger partial charge in [-0.2, -0.15) is 0 Å². The lowest BCUT2D eigenvalue weighted by molar-refractivity contribution is -0.384. The summed E-state index contributed by atoms with van der Waals surface area (Å²) in [7, 11) is 0. The highest BCUT2D eigenvalue weighted by Gasteiger charge is 2.09. The van der Waals surface area contributed by atoms with Crippen molar-refractivity contribution in [2.45, 2.75) is 6.92 Å². The minimum atomic E-state index is -0.469. The topological polar surface area (TPSA) is 112 Å². The van der Waals surface area contributed by atoms with Gasteiger partial charge in [0.15, 0.2) is 0 Å². The number of nitro benzene ring substituents is 1. The Bertz CT molecular complexity index is 1080. The fraction of sp³-hybridized carbons (Fsp3) is 0.0909. The lowest BCUT2D eigenvalue weighted by Gasteiger charge is -2.04. The van der Waals surface area contributed by atoms with E-state index < -0.39 is 10.9 Å². The summed E-state index contributed by atoms with van der Waals surface area (Å²) in [6.45, 7) is 2.02. The van der Waals surface area contributed by atoms with Crippen LogP contribution in [0.5, 0.6) is 0 Å². The van der Waals surface area contributed by atoms with Crippen molar-refractivity contribution in [2.75, 3.05) is 11.9 Å². The smallest absolute Gasteiger partial charge is 0.338 e. The molecule has 0 aliphatic rings. The summed E-state index contributed by atoms with van der Waals surface area (Å²) in [5, 5.41) is 13.4. The average Bonchev–Trinajstić information content (AvgIpc) is 3.22. The fourth-order valence-electron chi connectivity index (χ4n) is 2.59. The minimum absolute atomic E-state index is 0.00242. The number of anilines is 1. The number of carbonyl (C=O) groups is 2. The van der Waals surface area contributed by atoms with E-state index in [9.17, 15) is 19.7 Å². The second-order valence-corrected chi connectivity index (χ2v) is 6.13. The maximum absolute atomic E-state index is 12.1. The lowest BCUT2D eigenvalue weighted by Crippen LogP contribution is -2.08. The van der Waals surface area contributed by atoms with Crippen molar-refractivity contribution < 1.29 is 23.7 Å². The first kappa shape index (κ1) is 20.5. The van der Waals surface area contributed by atoms with Crippen molar-refractivity contribution in [1.29, 1.82) is 0 Å². The molecule has 0 saturated heterocycles. The molecule has 0 radical (unpaired) electrons. The summed E-state index contributed by atoms with van der Waals surface area (Å²) in [6.07, 6.45) is 2.83. The number of furan rings is 1. The molecule has 0 atom stereocenters. The molecule has 30 heavy (non-hydrogen) atoms. The van der Waals surface area contributed by atoms with E-state index in [0.717, 1.165) is 0 Å². The normalized spacial score (nSPS) is 10.7. The van der Waals surface area contributed by atoms with Crippen LogP contribution < -0.4 is 5.32 Å². The average molecular weight is 406 g/mol. The van der Waals surface area contributed by atoms with Crippen molar-refractivity contribution in [3.63, 3.8) is 0 Å². The summed E-state index contributed by atoms with van der Waals surface area (Å²) in [5.41, 5.74) is 1.62. The molecule has 1 amide bonds. The van der Waals surface area contributed by atoms with Gasteiger partial charge in [0.1, 0.15) is 11.5 Å². The summed E-state index contributed by atoms with van der Waals surface area (Å²) < 4.78 is 10.6.